The van der Waals surface area contributed by atoms with Crippen molar-refractivity contribution in [3.63, 3.8) is 0 Å². The summed E-state index contributed by atoms with van der Waals surface area (Å²) in [7, 11) is 0. The first-order valence-electron chi connectivity index (χ1n) is 8.06. The summed E-state index contributed by atoms with van der Waals surface area (Å²) < 4.78 is 0. The van der Waals surface area contributed by atoms with Crippen molar-refractivity contribution in [1.82, 2.24) is 0 Å². The monoisotopic (exact) mass is 252 g/mol. The Morgan fingerprint density at radius 2 is 1.06 bits per heavy atom. The van der Waals surface area contributed by atoms with Crippen LogP contribution in [-0.2, 0) is 4.79 Å². The maximum atomic E-state index is 12.4. The lowest BCUT2D eigenvalue weighted by atomic mass is 9.78. The number of carbonyl (C=O) groups is 1. The number of hydrogen-bond donors (Lipinski definition) is 0. The van der Waals surface area contributed by atoms with E-state index in [0.29, 0.717) is 11.7 Å². The summed E-state index contributed by atoms with van der Waals surface area (Å²) in [6.07, 6.45) is 14.4. The molecule has 1 nitrogen and oxygen atoms in total. The van der Waals surface area contributed by atoms with Gasteiger partial charge in [0.15, 0.2) is 0 Å². The largest absolute Gasteiger partial charge is 0.299 e. The van der Waals surface area contributed by atoms with Gasteiger partial charge < -0.3 is 0 Å². The van der Waals surface area contributed by atoms with Crippen molar-refractivity contribution < 1.29 is 4.79 Å². The lowest BCUT2D eigenvalue weighted by Gasteiger charge is -2.25. The predicted octanol–water partition coefficient (Wildman–Crippen LogP) is 5.52. The molecule has 0 radical (unpaired) electrons. The van der Waals surface area contributed by atoms with Gasteiger partial charge in [0.2, 0.25) is 0 Å². The summed E-state index contributed by atoms with van der Waals surface area (Å²) >= 11 is 0. The van der Waals surface area contributed by atoms with Crippen molar-refractivity contribution in [3.05, 3.63) is 0 Å². The SMILES string of the molecule is CC(C)(C)C(=O)C1CCCCCCCCCCC1. The minimum absolute atomic E-state index is 0.151. The molecule has 1 saturated carbocycles. The van der Waals surface area contributed by atoms with E-state index in [4.69, 9.17) is 0 Å². The van der Waals surface area contributed by atoms with Crippen molar-refractivity contribution >= 4 is 5.78 Å². The van der Waals surface area contributed by atoms with Gasteiger partial charge in [0, 0.05) is 11.3 Å². The molecule has 0 unspecified atom stereocenters. The van der Waals surface area contributed by atoms with E-state index in [1.807, 2.05) is 0 Å². The lowest BCUT2D eigenvalue weighted by molar-refractivity contribution is -0.131. The normalized spacial score (nSPS) is 21.9. The molecule has 18 heavy (non-hydrogen) atoms. The van der Waals surface area contributed by atoms with E-state index in [2.05, 4.69) is 20.8 Å². The maximum Gasteiger partial charge on any atom is 0.141 e. The third kappa shape index (κ3) is 6.02. The molecule has 1 fully saturated rings. The summed E-state index contributed by atoms with van der Waals surface area (Å²) in [6.45, 7) is 6.22. The summed E-state index contributed by atoms with van der Waals surface area (Å²) in [6, 6.07) is 0. The molecule has 1 heteroatoms. The summed E-state index contributed by atoms with van der Waals surface area (Å²) in [4.78, 5) is 12.4. The van der Waals surface area contributed by atoms with E-state index in [0.717, 1.165) is 12.8 Å². The third-order valence-electron chi connectivity index (χ3n) is 4.22. The Labute approximate surface area is 114 Å². The molecule has 0 atom stereocenters. The molecule has 0 heterocycles. The molecule has 0 N–H and O–H groups in total. The van der Waals surface area contributed by atoms with Crippen molar-refractivity contribution in [2.45, 2.75) is 91.4 Å². The summed E-state index contributed by atoms with van der Waals surface area (Å²) in [5.74, 6) is 0.837. The number of carbonyl (C=O) groups excluding carboxylic acids is 1. The van der Waals surface area contributed by atoms with Crippen LogP contribution in [-0.4, -0.2) is 5.78 Å². The topological polar surface area (TPSA) is 17.1 Å². The first-order chi connectivity index (χ1) is 8.52. The van der Waals surface area contributed by atoms with Gasteiger partial charge in [-0.05, 0) is 12.8 Å². The first-order valence-corrected chi connectivity index (χ1v) is 8.06. The Morgan fingerprint density at radius 3 is 1.39 bits per heavy atom. The van der Waals surface area contributed by atoms with Gasteiger partial charge in [0.1, 0.15) is 5.78 Å². The Bertz CT molecular complexity index is 224. The fourth-order valence-electron chi connectivity index (χ4n) is 3.04. The van der Waals surface area contributed by atoms with Crippen LogP contribution in [0.1, 0.15) is 91.4 Å². The molecule has 0 aromatic rings. The number of rotatable bonds is 1. The standard InChI is InChI=1S/C17H32O/c1-17(2,3)16(18)15-13-11-9-7-5-4-6-8-10-12-14-15/h15H,4-14H2,1-3H3. The summed E-state index contributed by atoms with van der Waals surface area (Å²) in [5.41, 5.74) is -0.151. The third-order valence-corrected chi connectivity index (χ3v) is 4.22. The Hall–Kier alpha value is -0.330. The number of ketones is 1. The second-order valence-electron chi connectivity index (χ2n) is 7.07. The Morgan fingerprint density at radius 1 is 0.722 bits per heavy atom. The van der Waals surface area contributed by atoms with Crippen LogP contribution >= 0.6 is 0 Å². The van der Waals surface area contributed by atoms with Crippen LogP contribution in [0.15, 0.2) is 0 Å². The molecule has 0 bridgehead atoms. The zero-order valence-corrected chi connectivity index (χ0v) is 12.8. The average molecular weight is 252 g/mol. The molecular formula is C17H32O. The fourth-order valence-corrected chi connectivity index (χ4v) is 3.04. The van der Waals surface area contributed by atoms with Crippen LogP contribution in [0.5, 0.6) is 0 Å². The number of Topliss-reactive ketones (excluding diaryl/α,β-unsaturated/α-hetero) is 1. The van der Waals surface area contributed by atoms with Crippen LogP contribution in [0.3, 0.4) is 0 Å². The van der Waals surface area contributed by atoms with Gasteiger partial charge in [-0.1, -0.05) is 78.6 Å². The van der Waals surface area contributed by atoms with Gasteiger partial charge in [-0.2, -0.15) is 0 Å². The molecular weight excluding hydrogens is 220 g/mol. The Kier molecular flexibility index (Phi) is 6.96. The minimum Gasteiger partial charge on any atom is -0.299 e. The lowest BCUT2D eigenvalue weighted by Crippen LogP contribution is -2.28. The maximum absolute atomic E-state index is 12.4. The molecule has 1 aliphatic rings. The highest BCUT2D eigenvalue weighted by Gasteiger charge is 2.28. The second-order valence-corrected chi connectivity index (χ2v) is 7.07. The van der Waals surface area contributed by atoms with E-state index in [-0.39, 0.29) is 5.41 Å². The van der Waals surface area contributed by atoms with Gasteiger partial charge >= 0.3 is 0 Å². The highest BCUT2D eigenvalue weighted by molar-refractivity contribution is 5.85. The Balaban J connectivity index is 2.48. The number of hydrogen-bond acceptors (Lipinski definition) is 1. The molecule has 0 aromatic carbocycles. The van der Waals surface area contributed by atoms with Gasteiger partial charge in [-0.15, -0.1) is 0 Å². The molecule has 0 amide bonds. The molecule has 0 aromatic heterocycles. The molecule has 0 saturated heterocycles. The second kappa shape index (κ2) is 7.96. The minimum atomic E-state index is -0.151. The van der Waals surface area contributed by atoms with Crippen molar-refractivity contribution in [1.29, 1.82) is 0 Å². The van der Waals surface area contributed by atoms with Gasteiger partial charge in [0.25, 0.3) is 0 Å². The van der Waals surface area contributed by atoms with E-state index >= 15 is 0 Å². The van der Waals surface area contributed by atoms with Gasteiger partial charge in [0.05, 0.1) is 0 Å². The van der Waals surface area contributed by atoms with Crippen LogP contribution in [0.2, 0.25) is 0 Å². The molecule has 0 spiro atoms. The van der Waals surface area contributed by atoms with Gasteiger partial charge in [-0.3, -0.25) is 4.79 Å². The highest BCUT2D eigenvalue weighted by Crippen LogP contribution is 2.28. The molecule has 1 rings (SSSR count). The smallest absolute Gasteiger partial charge is 0.141 e. The van der Waals surface area contributed by atoms with E-state index < -0.39 is 0 Å². The van der Waals surface area contributed by atoms with Crippen LogP contribution in [0.4, 0.5) is 0 Å². The quantitative estimate of drug-likeness (QED) is 0.600. The molecule has 1 aliphatic carbocycles. The van der Waals surface area contributed by atoms with Gasteiger partial charge in [-0.25, -0.2) is 0 Å². The predicted molar refractivity (Wildman–Crippen MR) is 78.7 cm³/mol. The van der Waals surface area contributed by atoms with Crippen molar-refractivity contribution in [2.75, 3.05) is 0 Å². The zero-order valence-electron chi connectivity index (χ0n) is 12.8. The van der Waals surface area contributed by atoms with Crippen LogP contribution < -0.4 is 0 Å². The van der Waals surface area contributed by atoms with E-state index in [1.165, 1.54) is 57.8 Å². The molecule has 0 aliphatic heterocycles. The van der Waals surface area contributed by atoms with Crippen LogP contribution in [0, 0.1) is 11.3 Å². The first kappa shape index (κ1) is 15.7. The fraction of sp³-hybridized carbons (Fsp3) is 0.941. The van der Waals surface area contributed by atoms with E-state index in [1.54, 1.807) is 0 Å². The van der Waals surface area contributed by atoms with Crippen molar-refractivity contribution in [3.8, 4) is 0 Å². The van der Waals surface area contributed by atoms with E-state index in [9.17, 15) is 4.79 Å². The average Bonchev–Trinajstić information content (AvgIpc) is 2.28. The van der Waals surface area contributed by atoms with Crippen molar-refractivity contribution in [2.24, 2.45) is 11.3 Å². The zero-order chi connectivity index (χ0) is 13.4. The molecule has 106 valence electrons. The van der Waals surface area contributed by atoms with Crippen LogP contribution in [0.25, 0.3) is 0 Å². The highest BCUT2D eigenvalue weighted by atomic mass is 16.1. The summed E-state index contributed by atoms with van der Waals surface area (Å²) in [5, 5.41) is 0.